The minimum absolute atomic E-state index is 0.183. The normalized spacial score (nSPS) is 12.2. The molecule has 1 aliphatic heterocycles. The van der Waals surface area contributed by atoms with Gasteiger partial charge >= 0.3 is 0 Å². The van der Waals surface area contributed by atoms with Gasteiger partial charge in [0.1, 0.15) is 12.1 Å². The van der Waals surface area contributed by atoms with Gasteiger partial charge in [-0.1, -0.05) is 24.3 Å². The van der Waals surface area contributed by atoms with Crippen LogP contribution in [0.25, 0.3) is 0 Å². The third-order valence-electron chi connectivity index (χ3n) is 5.54. The maximum absolute atomic E-state index is 14.4. The predicted molar refractivity (Wildman–Crippen MR) is 124 cm³/mol. The molecule has 9 heteroatoms. The van der Waals surface area contributed by atoms with Gasteiger partial charge in [-0.3, -0.25) is 14.7 Å². The molecule has 1 aliphatic rings. The van der Waals surface area contributed by atoms with E-state index in [2.05, 4.69) is 15.3 Å². The molecule has 0 radical (unpaired) electrons. The van der Waals surface area contributed by atoms with E-state index in [4.69, 9.17) is 13.9 Å². The molecule has 1 N–H and O–H groups in total. The number of amides is 1. The number of fused-ring (bicyclic) bond motifs is 1. The Labute approximate surface area is 201 Å². The Bertz CT molecular complexity index is 1310. The van der Waals surface area contributed by atoms with Crippen LogP contribution in [0.15, 0.2) is 77.7 Å². The Morgan fingerprint density at radius 2 is 1.80 bits per heavy atom. The Kier molecular flexibility index (Phi) is 6.67. The van der Waals surface area contributed by atoms with Crippen LogP contribution >= 0.6 is 0 Å². The molecule has 1 amide bonds. The molecule has 0 bridgehead atoms. The van der Waals surface area contributed by atoms with Crippen molar-refractivity contribution in [3.8, 4) is 11.5 Å². The van der Waals surface area contributed by atoms with Gasteiger partial charge in [0.25, 0.3) is 5.91 Å². The minimum atomic E-state index is -0.340. The molecule has 0 saturated heterocycles. The summed E-state index contributed by atoms with van der Waals surface area (Å²) in [5.74, 6) is 1.11. The van der Waals surface area contributed by atoms with Crippen LogP contribution in [0.3, 0.4) is 0 Å². The summed E-state index contributed by atoms with van der Waals surface area (Å²) < 4.78 is 30.8. The fraction of sp³-hybridized carbons (Fsp3) is 0.192. The van der Waals surface area contributed by atoms with Crippen LogP contribution in [0.5, 0.6) is 11.5 Å². The highest BCUT2D eigenvalue weighted by molar-refractivity contribution is 5.91. The number of nitrogens with one attached hydrogen (secondary N) is 1. The lowest BCUT2D eigenvalue weighted by molar-refractivity contribution is 0.0945. The molecule has 3 heterocycles. The number of hydrogen-bond donors (Lipinski definition) is 1. The Morgan fingerprint density at radius 1 is 0.971 bits per heavy atom. The number of rotatable bonds is 9. The average Bonchev–Trinajstić information content (AvgIpc) is 3.54. The largest absolute Gasteiger partial charge is 0.454 e. The zero-order valence-electron chi connectivity index (χ0n) is 18.8. The van der Waals surface area contributed by atoms with Crippen molar-refractivity contribution in [1.29, 1.82) is 0 Å². The summed E-state index contributed by atoms with van der Waals surface area (Å²) in [6.45, 7) is 1.64. The quantitative estimate of drug-likeness (QED) is 0.391. The molecule has 2 aromatic heterocycles. The van der Waals surface area contributed by atoms with Crippen LogP contribution in [-0.4, -0.2) is 27.6 Å². The third-order valence-corrected chi connectivity index (χ3v) is 5.54. The number of nitrogens with zero attached hydrogens (tertiary/aromatic N) is 3. The van der Waals surface area contributed by atoms with E-state index in [1.807, 2.05) is 35.2 Å². The highest BCUT2D eigenvalue weighted by atomic mass is 19.1. The molecule has 0 aliphatic carbocycles. The summed E-state index contributed by atoms with van der Waals surface area (Å²) in [6, 6.07) is 16.0. The predicted octanol–water partition coefficient (Wildman–Crippen LogP) is 4.07. The lowest BCUT2D eigenvalue weighted by Crippen LogP contribution is -2.24. The smallest absolute Gasteiger partial charge is 0.273 e. The summed E-state index contributed by atoms with van der Waals surface area (Å²) >= 11 is 0. The number of ether oxygens (including phenoxy) is 2. The van der Waals surface area contributed by atoms with E-state index < -0.39 is 0 Å². The van der Waals surface area contributed by atoms with E-state index in [0.29, 0.717) is 42.6 Å². The third kappa shape index (κ3) is 5.64. The molecule has 4 aromatic rings. The molecule has 5 rings (SSSR count). The maximum atomic E-state index is 14.4. The molecular weight excluding hydrogens is 451 g/mol. The van der Waals surface area contributed by atoms with E-state index in [-0.39, 0.29) is 30.8 Å². The zero-order valence-corrected chi connectivity index (χ0v) is 18.8. The van der Waals surface area contributed by atoms with E-state index in [1.165, 1.54) is 12.3 Å². The molecule has 8 nitrogen and oxygen atoms in total. The zero-order chi connectivity index (χ0) is 24.0. The topological polar surface area (TPSA) is 89.7 Å². The lowest BCUT2D eigenvalue weighted by Gasteiger charge is -2.21. The fourth-order valence-corrected chi connectivity index (χ4v) is 3.79. The monoisotopic (exact) mass is 474 g/mol. The molecular formula is C26H23FN4O4. The summed E-state index contributed by atoms with van der Waals surface area (Å²) in [7, 11) is 0. The van der Waals surface area contributed by atoms with E-state index in [1.54, 1.807) is 30.6 Å². The van der Waals surface area contributed by atoms with Crippen molar-refractivity contribution in [3.63, 3.8) is 0 Å². The number of pyridine rings is 1. The standard InChI is InChI=1S/C26H23FN4O4/c27-21-4-2-1-3-20(21)14-31(13-19-5-6-23-24(11-19)35-17-34-23)15-25-30-22(16-33-25)26(32)29-12-18-7-9-28-10-8-18/h1-11,16H,12-15,17H2,(H,29,32). The molecule has 35 heavy (non-hydrogen) atoms. The van der Waals surface area contributed by atoms with E-state index in [9.17, 15) is 9.18 Å². The van der Waals surface area contributed by atoms with Gasteiger partial charge in [-0.25, -0.2) is 9.37 Å². The second kappa shape index (κ2) is 10.4. The summed E-state index contributed by atoms with van der Waals surface area (Å²) in [5, 5.41) is 2.81. The Morgan fingerprint density at radius 3 is 2.66 bits per heavy atom. The van der Waals surface area contributed by atoms with Crippen molar-refractivity contribution in [3.05, 3.63) is 107 Å². The molecule has 0 atom stereocenters. The lowest BCUT2D eigenvalue weighted by atomic mass is 10.1. The van der Waals surface area contributed by atoms with Gasteiger partial charge in [-0.15, -0.1) is 0 Å². The van der Waals surface area contributed by atoms with Crippen LogP contribution in [0.2, 0.25) is 0 Å². The Hall–Kier alpha value is -4.24. The van der Waals surface area contributed by atoms with Crippen LogP contribution in [0.1, 0.15) is 33.1 Å². The molecule has 2 aromatic carbocycles. The first-order valence-corrected chi connectivity index (χ1v) is 11.1. The minimum Gasteiger partial charge on any atom is -0.454 e. The second-order valence-electron chi connectivity index (χ2n) is 8.09. The molecule has 0 fully saturated rings. The molecule has 0 unspecified atom stereocenters. The average molecular weight is 474 g/mol. The first-order valence-electron chi connectivity index (χ1n) is 11.1. The van der Waals surface area contributed by atoms with E-state index >= 15 is 0 Å². The highest BCUT2D eigenvalue weighted by Gasteiger charge is 2.19. The van der Waals surface area contributed by atoms with Gasteiger partial charge in [0.2, 0.25) is 12.7 Å². The molecule has 0 saturated carbocycles. The fourth-order valence-electron chi connectivity index (χ4n) is 3.79. The van der Waals surface area contributed by atoms with Crippen LogP contribution in [0.4, 0.5) is 4.39 Å². The molecule has 178 valence electrons. The van der Waals surface area contributed by atoms with Gasteiger partial charge in [-0.05, 0) is 41.5 Å². The SMILES string of the molecule is O=C(NCc1ccncc1)c1coc(CN(Cc2ccc3c(c2)OCO3)Cc2ccccc2F)n1. The summed E-state index contributed by atoms with van der Waals surface area (Å²) in [6.07, 6.45) is 4.67. The number of oxazole rings is 1. The van der Waals surface area contributed by atoms with Crippen molar-refractivity contribution < 1.29 is 23.1 Å². The number of benzene rings is 2. The first kappa shape index (κ1) is 22.5. The maximum Gasteiger partial charge on any atom is 0.273 e. The number of hydrogen-bond acceptors (Lipinski definition) is 7. The van der Waals surface area contributed by atoms with Gasteiger partial charge in [0.15, 0.2) is 17.2 Å². The van der Waals surface area contributed by atoms with Crippen LogP contribution < -0.4 is 14.8 Å². The van der Waals surface area contributed by atoms with Crippen molar-refractivity contribution in [1.82, 2.24) is 20.2 Å². The number of halogens is 1. The van der Waals surface area contributed by atoms with Crippen molar-refractivity contribution >= 4 is 5.91 Å². The molecule has 0 spiro atoms. The highest BCUT2D eigenvalue weighted by Crippen LogP contribution is 2.33. The van der Waals surface area contributed by atoms with Crippen LogP contribution in [0, 0.1) is 5.82 Å². The van der Waals surface area contributed by atoms with Crippen molar-refractivity contribution in [2.75, 3.05) is 6.79 Å². The van der Waals surface area contributed by atoms with E-state index in [0.717, 1.165) is 11.1 Å². The summed E-state index contributed by atoms with van der Waals surface area (Å²) in [4.78, 5) is 22.8. The second-order valence-corrected chi connectivity index (χ2v) is 8.09. The van der Waals surface area contributed by atoms with Gasteiger partial charge in [0, 0.05) is 37.6 Å². The number of carbonyl (C=O) groups is 1. The van der Waals surface area contributed by atoms with Gasteiger partial charge in [0.05, 0.1) is 6.54 Å². The number of aromatic nitrogens is 2. The van der Waals surface area contributed by atoms with Crippen LogP contribution in [-0.2, 0) is 26.2 Å². The number of carbonyl (C=O) groups excluding carboxylic acids is 1. The van der Waals surface area contributed by atoms with Crippen molar-refractivity contribution in [2.45, 2.75) is 26.2 Å². The first-order chi connectivity index (χ1) is 17.1. The summed E-state index contributed by atoms with van der Waals surface area (Å²) in [5.41, 5.74) is 2.63. The van der Waals surface area contributed by atoms with Gasteiger partial charge < -0.3 is 19.2 Å². The Balaban J connectivity index is 1.29. The van der Waals surface area contributed by atoms with Gasteiger partial charge in [-0.2, -0.15) is 0 Å². The van der Waals surface area contributed by atoms with Crippen molar-refractivity contribution in [2.24, 2.45) is 0 Å².